The number of benzene rings is 2. The third-order valence-electron chi connectivity index (χ3n) is 6.77. The van der Waals surface area contributed by atoms with Crippen LogP contribution in [-0.4, -0.2) is 63.8 Å². The van der Waals surface area contributed by atoms with Gasteiger partial charge in [0.05, 0.1) is 16.3 Å². The van der Waals surface area contributed by atoms with Gasteiger partial charge in [-0.05, 0) is 61.1 Å². The zero-order valence-corrected chi connectivity index (χ0v) is 23.9. The normalized spacial score (nSPS) is 16.2. The Bertz CT molecular complexity index is 1290. The van der Waals surface area contributed by atoms with Crippen molar-refractivity contribution in [3.8, 4) is 0 Å². The number of sulfonamides is 1. The zero-order valence-electron chi connectivity index (χ0n) is 23.1. The van der Waals surface area contributed by atoms with Gasteiger partial charge in [0.25, 0.3) is 15.9 Å². The predicted molar refractivity (Wildman–Crippen MR) is 151 cm³/mol. The summed E-state index contributed by atoms with van der Waals surface area (Å²) in [7, 11) is -3.81. The molecule has 0 bridgehead atoms. The number of amides is 1. The van der Waals surface area contributed by atoms with Crippen molar-refractivity contribution < 1.29 is 36.3 Å². The monoisotopic (exact) mass is 598 g/mol. The van der Waals surface area contributed by atoms with Gasteiger partial charge in [-0.2, -0.15) is 13.2 Å². The number of hydrogen-bond donors (Lipinski definition) is 4. The quantitative estimate of drug-likeness (QED) is 0.355. The van der Waals surface area contributed by atoms with Gasteiger partial charge in [-0.25, -0.2) is 13.2 Å². The number of nitrogens with one attached hydrogen (secondary N) is 3. The van der Waals surface area contributed by atoms with Gasteiger partial charge < -0.3 is 20.6 Å². The number of nitrogens with zero attached hydrogens (tertiary/aromatic N) is 1. The molecule has 1 aliphatic heterocycles. The molecule has 0 spiro atoms. The second-order valence-corrected chi connectivity index (χ2v) is 12.3. The van der Waals surface area contributed by atoms with E-state index in [0.29, 0.717) is 17.2 Å². The highest BCUT2D eigenvalue weighted by atomic mass is 32.2. The molecule has 4 N–H and O–H groups in total. The van der Waals surface area contributed by atoms with Crippen molar-refractivity contribution in [2.45, 2.75) is 63.1 Å². The fourth-order valence-electron chi connectivity index (χ4n) is 4.76. The van der Waals surface area contributed by atoms with Crippen LogP contribution in [0.25, 0.3) is 0 Å². The number of rotatable bonds is 8. The molecule has 0 unspecified atom stereocenters. The van der Waals surface area contributed by atoms with Crippen molar-refractivity contribution in [1.29, 1.82) is 0 Å². The second kappa shape index (κ2) is 14.0. The molecule has 1 aliphatic carbocycles. The Hall–Kier alpha value is -3.32. The lowest BCUT2D eigenvalue weighted by Gasteiger charge is -2.31. The summed E-state index contributed by atoms with van der Waals surface area (Å²) in [5.74, 6) is -2.41. The SMILES string of the molecule is CC(C)Cc1ccc(S(=O)(=O)Nc2cc(C(=O)NC3CCCC3)ccc2N2CCNCC2)cc1.O=C(O)C(F)(F)F. The molecule has 2 aromatic carbocycles. The summed E-state index contributed by atoms with van der Waals surface area (Å²) < 4.78 is 61.1. The van der Waals surface area contributed by atoms with Crippen molar-refractivity contribution >= 4 is 33.3 Å². The molecule has 1 heterocycles. The van der Waals surface area contributed by atoms with E-state index >= 15 is 0 Å². The smallest absolute Gasteiger partial charge is 0.475 e. The third kappa shape index (κ3) is 9.63. The maximum Gasteiger partial charge on any atom is 0.490 e. The summed E-state index contributed by atoms with van der Waals surface area (Å²) in [6, 6.07) is 12.6. The van der Waals surface area contributed by atoms with Crippen molar-refractivity contribution in [3.63, 3.8) is 0 Å². The molecule has 1 amide bonds. The van der Waals surface area contributed by atoms with Gasteiger partial charge in [0.1, 0.15) is 0 Å². The minimum Gasteiger partial charge on any atom is -0.475 e. The number of carboxylic acids is 1. The number of alkyl halides is 3. The Morgan fingerprint density at radius 1 is 1.05 bits per heavy atom. The van der Waals surface area contributed by atoms with E-state index in [9.17, 15) is 26.4 Å². The van der Waals surface area contributed by atoms with E-state index < -0.39 is 22.2 Å². The van der Waals surface area contributed by atoms with Crippen LogP contribution in [0.5, 0.6) is 0 Å². The van der Waals surface area contributed by atoms with Crippen molar-refractivity contribution in [1.82, 2.24) is 10.6 Å². The Balaban J connectivity index is 0.000000587. The topological polar surface area (TPSA) is 128 Å². The summed E-state index contributed by atoms with van der Waals surface area (Å²) in [6.07, 6.45) is 0.0780. The first-order valence-electron chi connectivity index (χ1n) is 13.6. The lowest BCUT2D eigenvalue weighted by Crippen LogP contribution is -2.43. The van der Waals surface area contributed by atoms with Crippen LogP contribution in [0.1, 0.15) is 55.5 Å². The van der Waals surface area contributed by atoms with Gasteiger partial charge in [-0.15, -0.1) is 0 Å². The van der Waals surface area contributed by atoms with Crippen LogP contribution >= 0.6 is 0 Å². The van der Waals surface area contributed by atoms with E-state index in [2.05, 4.69) is 34.1 Å². The number of halogens is 3. The molecule has 13 heteroatoms. The number of anilines is 2. The van der Waals surface area contributed by atoms with E-state index in [1.165, 1.54) is 0 Å². The van der Waals surface area contributed by atoms with Gasteiger partial charge in [0.2, 0.25) is 0 Å². The first kappa shape index (κ1) is 32.2. The second-order valence-electron chi connectivity index (χ2n) is 10.6. The largest absolute Gasteiger partial charge is 0.490 e. The number of aliphatic carboxylic acids is 1. The Morgan fingerprint density at radius 2 is 1.63 bits per heavy atom. The molecule has 0 radical (unpaired) electrons. The minimum atomic E-state index is -5.08. The highest BCUT2D eigenvalue weighted by Crippen LogP contribution is 2.30. The lowest BCUT2D eigenvalue weighted by molar-refractivity contribution is -0.192. The summed E-state index contributed by atoms with van der Waals surface area (Å²) in [4.78, 5) is 24.2. The minimum absolute atomic E-state index is 0.155. The van der Waals surface area contributed by atoms with Gasteiger partial charge in [-0.3, -0.25) is 9.52 Å². The van der Waals surface area contributed by atoms with E-state index in [0.717, 1.165) is 69.5 Å². The van der Waals surface area contributed by atoms with Gasteiger partial charge in [0.15, 0.2) is 0 Å². The van der Waals surface area contributed by atoms with Gasteiger partial charge in [0, 0.05) is 37.8 Å². The number of carboxylic acid groups (broad SMARTS) is 1. The third-order valence-corrected chi connectivity index (χ3v) is 8.15. The molecule has 1 saturated heterocycles. The Kier molecular flexibility index (Phi) is 11.0. The van der Waals surface area contributed by atoms with E-state index in [-0.39, 0.29) is 16.8 Å². The highest BCUT2D eigenvalue weighted by molar-refractivity contribution is 7.92. The van der Waals surface area contributed by atoms with Crippen LogP contribution in [0.2, 0.25) is 0 Å². The highest BCUT2D eigenvalue weighted by Gasteiger charge is 2.38. The molecule has 41 heavy (non-hydrogen) atoms. The number of piperazine rings is 1. The zero-order chi connectivity index (χ0) is 30.2. The molecule has 2 fully saturated rings. The fraction of sp³-hybridized carbons (Fsp3) is 0.500. The van der Waals surface area contributed by atoms with Crippen LogP contribution in [0.4, 0.5) is 24.5 Å². The van der Waals surface area contributed by atoms with E-state index in [1.807, 2.05) is 18.2 Å². The predicted octanol–water partition coefficient (Wildman–Crippen LogP) is 4.40. The van der Waals surface area contributed by atoms with Crippen molar-refractivity contribution in [2.75, 3.05) is 35.8 Å². The van der Waals surface area contributed by atoms with Crippen LogP contribution in [0.15, 0.2) is 47.4 Å². The fourth-order valence-corrected chi connectivity index (χ4v) is 5.82. The summed E-state index contributed by atoms with van der Waals surface area (Å²) in [5, 5.41) is 13.5. The van der Waals surface area contributed by atoms with Gasteiger partial charge >= 0.3 is 12.1 Å². The average molecular weight is 599 g/mol. The Labute approximate surface area is 238 Å². The van der Waals surface area contributed by atoms with Crippen molar-refractivity contribution in [2.24, 2.45) is 5.92 Å². The molecule has 2 aromatic rings. The molecule has 1 saturated carbocycles. The molecule has 4 rings (SSSR count). The Morgan fingerprint density at radius 3 is 2.17 bits per heavy atom. The molecular weight excluding hydrogens is 561 g/mol. The molecular formula is C28H37F3N4O5S. The first-order valence-corrected chi connectivity index (χ1v) is 15.1. The molecule has 226 valence electrons. The summed E-state index contributed by atoms with van der Waals surface area (Å²) >= 11 is 0. The number of carbonyl (C=O) groups is 2. The van der Waals surface area contributed by atoms with E-state index in [4.69, 9.17) is 9.90 Å². The van der Waals surface area contributed by atoms with E-state index in [1.54, 1.807) is 24.3 Å². The number of carbonyl (C=O) groups excluding carboxylic acids is 1. The standard InChI is InChI=1S/C26H36N4O3S.C2HF3O2/c1-19(2)17-20-7-10-23(11-8-20)34(32,33)29-24-18-21(26(31)28-22-5-3-4-6-22)9-12-25(24)30-15-13-27-14-16-30;3-2(4,5)1(6)7/h7-12,18-19,22,27,29H,3-6,13-17H2,1-2H3,(H,28,31);(H,6,7). The van der Waals surface area contributed by atoms with Gasteiger partial charge in [-0.1, -0.05) is 38.8 Å². The molecule has 0 aromatic heterocycles. The van der Waals surface area contributed by atoms with Crippen LogP contribution in [0.3, 0.4) is 0 Å². The van der Waals surface area contributed by atoms with Crippen LogP contribution in [-0.2, 0) is 21.2 Å². The average Bonchev–Trinajstić information content (AvgIpc) is 3.42. The molecule has 9 nitrogen and oxygen atoms in total. The first-order chi connectivity index (χ1) is 19.3. The van der Waals surface area contributed by atoms with Crippen molar-refractivity contribution in [3.05, 3.63) is 53.6 Å². The molecule has 0 atom stereocenters. The summed E-state index contributed by atoms with van der Waals surface area (Å²) in [5.41, 5.74) is 2.81. The maximum atomic E-state index is 13.3. The maximum absolute atomic E-state index is 13.3. The number of hydrogen-bond acceptors (Lipinski definition) is 6. The lowest BCUT2D eigenvalue weighted by atomic mass is 10.0. The van der Waals surface area contributed by atoms with Crippen LogP contribution < -0.4 is 20.3 Å². The molecule has 2 aliphatic rings. The van der Waals surface area contributed by atoms with Crippen LogP contribution in [0, 0.1) is 5.92 Å². The summed E-state index contributed by atoms with van der Waals surface area (Å²) in [6.45, 7) is 7.47.